The van der Waals surface area contributed by atoms with Crippen LogP contribution in [0.3, 0.4) is 0 Å². The number of benzene rings is 1. The molecule has 1 aliphatic heterocycles. The van der Waals surface area contributed by atoms with Crippen molar-refractivity contribution < 1.29 is 4.79 Å². The van der Waals surface area contributed by atoms with Crippen molar-refractivity contribution in [3.8, 4) is 0 Å². The van der Waals surface area contributed by atoms with Crippen LogP contribution in [0.1, 0.15) is 18.9 Å². The molecule has 0 radical (unpaired) electrons. The average Bonchev–Trinajstić information content (AvgIpc) is 2.44. The van der Waals surface area contributed by atoms with Gasteiger partial charge in [-0.2, -0.15) is 0 Å². The molecule has 1 aliphatic rings. The Morgan fingerprint density at radius 2 is 2.20 bits per heavy atom. The second kappa shape index (κ2) is 7.91. The summed E-state index contributed by atoms with van der Waals surface area (Å²) in [6.07, 6.45) is 1.02. The zero-order valence-electron chi connectivity index (χ0n) is 11.7. The van der Waals surface area contributed by atoms with Crippen molar-refractivity contribution in [3.05, 3.63) is 34.9 Å². The maximum atomic E-state index is 11.9. The van der Waals surface area contributed by atoms with E-state index < -0.39 is 0 Å². The summed E-state index contributed by atoms with van der Waals surface area (Å²) in [6, 6.07) is 8.09. The van der Waals surface area contributed by atoms with Crippen LogP contribution in [0.5, 0.6) is 0 Å². The van der Waals surface area contributed by atoms with Gasteiger partial charge in [0.2, 0.25) is 5.91 Å². The molecule has 110 valence electrons. The van der Waals surface area contributed by atoms with Crippen LogP contribution in [-0.4, -0.2) is 30.8 Å². The topological polar surface area (TPSA) is 41.1 Å². The van der Waals surface area contributed by atoms with Crippen LogP contribution in [0.25, 0.3) is 0 Å². The van der Waals surface area contributed by atoms with Crippen molar-refractivity contribution in [2.45, 2.75) is 25.1 Å². The van der Waals surface area contributed by atoms with Gasteiger partial charge < -0.3 is 10.6 Å². The molecule has 1 heterocycles. The summed E-state index contributed by atoms with van der Waals surface area (Å²) in [6.45, 7) is 4.16. The highest BCUT2D eigenvalue weighted by atomic mass is 35.5. The number of carbonyl (C=O) groups is 1. The fraction of sp³-hybridized carbons (Fsp3) is 0.533. The lowest BCUT2D eigenvalue weighted by atomic mass is 9.95. The highest BCUT2D eigenvalue weighted by Gasteiger charge is 2.22. The third kappa shape index (κ3) is 5.00. The quantitative estimate of drug-likeness (QED) is 0.878. The van der Waals surface area contributed by atoms with Crippen LogP contribution < -0.4 is 10.6 Å². The number of hydrogen-bond acceptors (Lipinski definition) is 3. The summed E-state index contributed by atoms with van der Waals surface area (Å²) in [5.74, 6) is 2.00. The maximum absolute atomic E-state index is 11.9. The third-order valence-corrected chi connectivity index (χ3v) is 4.80. The standard InChI is InChI=1S/C15H21ClN2OS/c1-11-8-17-7-6-14(11)18-15(19)10-20-9-12-2-4-13(16)5-3-12/h2-5,11,14,17H,6-10H2,1H3,(H,18,19). The fourth-order valence-corrected chi connectivity index (χ4v) is 3.24. The molecule has 0 aromatic heterocycles. The Kier molecular flexibility index (Phi) is 6.20. The lowest BCUT2D eigenvalue weighted by Crippen LogP contribution is -2.48. The first kappa shape index (κ1) is 15.7. The highest BCUT2D eigenvalue weighted by Crippen LogP contribution is 2.16. The Balaban J connectivity index is 1.68. The molecule has 1 aromatic rings. The average molecular weight is 313 g/mol. The lowest BCUT2D eigenvalue weighted by Gasteiger charge is -2.30. The number of hydrogen-bond donors (Lipinski definition) is 2. The van der Waals surface area contributed by atoms with Gasteiger partial charge in [-0.3, -0.25) is 4.79 Å². The van der Waals surface area contributed by atoms with Crippen molar-refractivity contribution in [2.24, 2.45) is 5.92 Å². The number of halogens is 1. The molecule has 3 nitrogen and oxygen atoms in total. The van der Waals surface area contributed by atoms with Crippen molar-refractivity contribution in [2.75, 3.05) is 18.8 Å². The molecule has 1 fully saturated rings. The molecule has 0 spiro atoms. The molecule has 5 heteroatoms. The molecule has 2 atom stereocenters. The Bertz CT molecular complexity index is 438. The van der Waals surface area contributed by atoms with Crippen molar-refractivity contribution in [1.29, 1.82) is 0 Å². The largest absolute Gasteiger partial charge is 0.352 e. The van der Waals surface area contributed by atoms with Crippen molar-refractivity contribution >= 4 is 29.3 Å². The summed E-state index contributed by atoms with van der Waals surface area (Å²) in [5.41, 5.74) is 1.20. The molecular weight excluding hydrogens is 292 g/mol. The number of thioether (sulfide) groups is 1. The number of nitrogens with one attached hydrogen (secondary N) is 2. The zero-order chi connectivity index (χ0) is 14.4. The van der Waals surface area contributed by atoms with Gasteiger partial charge in [-0.05, 0) is 43.1 Å². The van der Waals surface area contributed by atoms with Gasteiger partial charge in [-0.25, -0.2) is 0 Å². The van der Waals surface area contributed by atoms with E-state index in [0.29, 0.717) is 17.7 Å². The number of carbonyl (C=O) groups excluding carboxylic acids is 1. The second-order valence-corrected chi connectivity index (χ2v) is 6.69. The molecule has 0 bridgehead atoms. The van der Waals surface area contributed by atoms with E-state index >= 15 is 0 Å². The Morgan fingerprint density at radius 1 is 1.45 bits per heavy atom. The number of rotatable bonds is 5. The first-order valence-electron chi connectivity index (χ1n) is 6.97. The van der Waals surface area contributed by atoms with Crippen molar-refractivity contribution in [1.82, 2.24) is 10.6 Å². The minimum Gasteiger partial charge on any atom is -0.352 e. The normalized spacial score (nSPS) is 22.5. The Morgan fingerprint density at radius 3 is 2.90 bits per heavy atom. The zero-order valence-corrected chi connectivity index (χ0v) is 13.3. The van der Waals surface area contributed by atoms with E-state index in [1.54, 1.807) is 11.8 Å². The Hall–Kier alpha value is -0.710. The summed E-state index contributed by atoms with van der Waals surface area (Å²) in [4.78, 5) is 11.9. The third-order valence-electron chi connectivity index (χ3n) is 3.55. The first-order valence-corrected chi connectivity index (χ1v) is 8.50. The number of piperidine rings is 1. The molecule has 1 saturated heterocycles. The fourth-order valence-electron chi connectivity index (χ4n) is 2.32. The van der Waals surface area contributed by atoms with Gasteiger partial charge in [0.15, 0.2) is 0 Å². The first-order chi connectivity index (χ1) is 9.65. The molecule has 1 amide bonds. The van der Waals surface area contributed by atoms with Crippen LogP contribution in [0.4, 0.5) is 0 Å². The van der Waals surface area contributed by atoms with E-state index in [-0.39, 0.29) is 5.91 Å². The van der Waals surface area contributed by atoms with E-state index in [9.17, 15) is 4.79 Å². The maximum Gasteiger partial charge on any atom is 0.230 e. The minimum absolute atomic E-state index is 0.141. The van der Waals surface area contributed by atoms with E-state index in [2.05, 4.69) is 17.6 Å². The lowest BCUT2D eigenvalue weighted by molar-refractivity contribution is -0.119. The molecule has 0 saturated carbocycles. The van der Waals surface area contributed by atoms with Gasteiger partial charge in [-0.1, -0.05) is 30.7 Å². The van der Waals surface area contributed by atoms with E-state index in [1.165, 1.54) is 5.56 Å². The Labute approximate surface area is 129 Å². The van der Waals surface area contributed by atoms with E-state index in [1.807, 2.05) is 24.3 Å². The van der Waals surface area contributed by atoms with Gasteiger partial charge in [-0.15, -0.1) is 11.8 Å². The van der Waals surface area contributed by atoms with Gasteiger partial charge in [0.05, 0.1) is 5.75 Å². The van der Waals surface area contributed by atoms with Crippen LogP contribution in [0, 0.1) is 5.92 Å². The molecule has 2 rings (SSSR count). The van der Waals surface area contributed by atoms with Gasteiger partial charge in [0, 0.05) is 16.8 Å². The summed E-state index contributed by atoms with van der Waals surface area (Å²) in [5, 5.41) is 7.23. The molecule has 2 N–H and O–H groups in total. The SMILES string of the molecule is CC1CNCCC1NC(=O)CSCc1ccc(Cl)cc1. The van der Waals surface area contributed by atoms with E-state index in [4.69, 9.17) is 11.6 Å². The predicted molar refractivity (Wildman–Crippen MR) is 86.2 cm³/mol. The summed E-state index contributed by atoms with van der Waals surface area (Å²) < 4.78 is 0. The highest BCUT2D eigenvalue weighted by molar-refractivity contribution is 7.99. The summed E-state index contributed by atoms with van der Waals surface area (Å²) in [7, 11) is 0. The smallest absolute Gasteiger partial charge is 0.230 e. The molecule has 2 unspecified atom stereocenters. The molecule has 0 aliphatic carbocycles. The minimum atomic E-state index is 0.141. The molecule has 1 aromatic carbocycles. The summed E-state index contributed by atoms with van der Waals surface area (Å²) >= 11 is 7.48. The number of amides is 1. The van der Waals surface area contributed by atoms with Gasteiger partial charge in [0.25, 0.3) is 0 Å². The van der Waals surface area contributed by atoms with Crippen LogP contribution >= 0.6 is 23.4 Å². The van der Waals surface area contributed by atoms with Crippen LogP contribution in [-0.2, 0) is 10.5 Å². The van der Waals surface area contributed by atoms with E-state index in [0.717, 1.165) is 30.3 Å². The second-order valence-electron chi connectivity index (χ2n) is 5.26. The predicted octanol–water partition coefficient (Wildman–Crippen LogP) is 2.69. The van der Waals surface area contributed by atoms with Crippen LogP contribution in [0.15, 0.2) is 24.3 Å². The monoisotopic (exact) mass is 312 g/mol. The van der Waals surface area contributed by atoms with Crippen LogP contribution in [0.2, 0.25) is 5.02 Å². The molecular formula is C15H21ClN2OS. The molecule has 20 heavy (non-hydrogen) atoms. The van der Waals surface area contributed by atoms with Gasteiger partial charge >= 0.3 is 0 Å². The van der Waals surface area contributed by atoms with Gasteiger partial charge in [0.1, 0.15) is 0 Å². The van der Waals surface area contributed by atoms with Crippen molar-refractivity contribution in [3.63, 3.8) is 0 Å².